The number of rotatable bonds is 5. The van der Waals surface area contributed by atoms with E-state index in [2.05, 4.69) is 10.2 Å². The van der Waals surface area contributed by atoms with Crippen LogP contribution in [0.15, 0.2) is 24.3 Å². The zero-order chi connectivity index (χ0) is 14.2. The fraction of sp³-hybridized carbons (Fsp3) is 0.562. The summed E-state index contributed by atoms with van der Waals surface area (Å²) in [5, 5.41) is 3.07. The Hall–Kier alpha value is -1.42. The average Bonchev–Trinajstić information content (AvgIpc) is 3.14. The monoisotopic (exact) mass is 276 g/mol. The van der Waals surface area contributed by atoms with E-state index < -0.39 is 5.54 Å². The number of halogens is 1. The summed E-state index contributed by atoms with van der Waals surface area (Å²) in [5.74, 6) is -0.224. The van der Waals surface area contributed by atoms with Gasteiger partial charge in [-0.15, -0.1) is 0 Å². The highest BCUT2D eigenvalue weighted by molar-refractivity contribution is 5.80. The van der Waals surface area contributed by atoms with Crippen LogP contribution in [-0.4, -0.2) is 30.4 Å². The number of amides is 1. The van der Waals surface area contributed by atoms with Gasteiger partial charge < -0.3 is 10.2 Å². The number of nitrogens with one attached hydrogen (secondary N) is 1. The molecule has 108 valence electrons. The van der Waals surface area contributed by atoms with Gasteiger partial charge in [0.15, 0.2) is 0 Å². The van der Waals surface area contributed by atoms with E-state index in [0.29, 0.717) is 5.56 Å². The third-order valence-electron chi connectivity index (χ3n) is 4.43. The van der Waals surface area contributed by atoms with Gasteiger partial charge in [-0.2, -0.15) is 0 Å². The van der Waals surface area contributed by atoms with E-state index in [1.54, 1.807) is 12.1 Å². The molecule has 1 aromatic carbocycles. The minimum Gasteiger partial charge on any atom is -0.346 e. The number of hydrogen-bond acceptors (Lipinski definition) is 2. The lowest BCUT2D eigenvalue weighted by atomic mass is 10.0. The van der Waals surface area contributed by atoms with Gasteiger partial charge in [0.2, 0.25) is 5.91 Å². The third kappa shape index (κ3) is 2.57. The predicted molar refractivity (Wildman–Crippen MR) is 75.7 cm³/mol. The molecule has 1 aliphatic carbocycles. The molecule has 1 unspecified atom stereocenters. The van der Waals surface area contributed by atoms with E-state index in [-0.39, 0.29) is 17.6 Å². The first-order valence-corrected chi connectivity index (χ1v) is 7.40. The van der Waals surface area contributed by atoms with Crippen molar-refractivity contribution in [1.82, 2.24) is 10.2 Å². The molecule has 0 radical (unpaired) electrons. The maximum atomic E-state index is 13.9. The number of hydrogen-bond donors (Lipinski definition) is 1. The van der Waals surface area contributed by atoms with E-state index in [0.717, 1.165) is 32.5 Å². The molecular formula is C16H21FN2O. The van der Waals surface area contributed by atoms with E-state index in [9.17, 15) is 9.18 Å². The minimum atomic E-state index is -0.453. The van der Waals surface area contributed by atoms with Crippen molar-refractivity contribution in [3.63, 3.8) is 0 Å². The van der Waals surface area contributed by atoms with Crippen molar-refractivity contribution in [1.29, 1.82) is 0 Å². The Bertz CT molecular complexity index is 509. The second-order valence-corrected chi connectivity index (χ2v) is 6.11. The van der Waals surface area contributed by atoms with Crippen LogP contribution in [0.2, 0.25) is 0 Å². The van der Waals surface area contributed by atoms with Crippen molar-refractivity contribution >= 4 is 5.91 Å². The number of carbonyl (C=O) groups is 1. The van der Waals surface area contributed by atoms with Crippen LogP contribution in [0, 0.1) is 11.7 Å². The summed E-state index contributed by atoms with van der Waals surface area (Å²) in [4.78, 5) is 14.6. The summed E-state index contributed by atoms with van der Waals surface area (Å²) in [6.07, 6.45) is 2.89. The molecule has 2 fully saturated rings. The predicted octanol–water partition coefficient (Wildman–Crippen LogP) is 2.27. The van der Waals surface area contributed by atoms with E-state index in [1.165, 1.54) is 12.5 Å². The molecule has 2 aliphatic rings. The van der Waals surface area contributed by atoms with Crippen LogP contribution in [0.25, 0.3) is 0 Å². The maximum Gasteiger partial charge on any atom is 0.224 e. The lowest BCUT2D eigenvalue weighted by Gasteiger charge is -2.33. The van der Waals surface area contributed by atoms with E-state index in [1.807, 2.05) is 13.0 Å². The quantitative estimate of drug-likeness (QED) is 0.895. The van der Waals surface area contributed by atoms with Crippen molar-refractivity contribution in [2.45, 2.75) is 31.7 Å². The van der Waals surface area contributed by atoms with Gasteiger partial charge in [-0.1, -0.05) is 25.1 Å². The van der Waals surface area contributed by atoms with Crippen molar-refractivity contribution in [3.05, 3.63) is 35.6 Å². The van der Waals surface area contributed by atoms with Crippen LogP contribution < -0.4 is 5.32 Å². The Balaban J connectivity index is 1.64. The number of carbonyl (C=O) groups excluding carboxylic acids is 1. The van der Waals surface area contributed by atoms with Crippen LogP contribution in [0.4, 0.5) is 4.39 Å². The van der Waals surface area contributed by atoms with Gasteiger partial charge in [-0.05, 0) is 38.4 Å². The molecule has 1 amide bonds. The van der Waals surface area contributed by atoms with Crippen LogP contribution in [0.5, 0.6) is 0 Å². The molecule has 1 heterocycles. The first-order valence-electron chi connectivity index (χ1n) is 7.40. The third-order valence-corrected chi connectivity index (χ3v) is 4.43. The molecule has 1 saturated carbocycles. The molecule has 4 heteroatoms. The van der Waals surface area contributed by atoms with Crippen molar-refractivity contribution < 1.29 is 9.18 Å². The lowest BCUT2D eigenvalue weighted by Crippen LogP contribution is -2.46. The molecule has 1 aromatic rings. The first-order chi connectivity index (χ1) is 9.61. The lowest BCUT2D eigenvalue weighted by molar-refractivity contribution is -0.126. The van der Waals surface area contributed by atoms with Gasteiger partial charge in [-0.25, -0.2) is 4.39 Å². The molecule has 20 heavy (non-hydrogen) atoms. The summed E-state index contributed by atoms with van der Waals surface area (Å²) in [5.41, 5.74) is 0.176. The summed E-state index contributed by atoms with van der Waals surface area (Å²) >= 11 is 0. The molecule has 1 atom stereocenters. The van der Waals surface area contributed by atoms with Crippen LogP contribution >= 0.6 is 0 Å². The minimum absolute atomic E-state index is 0.0395. The van der Waals surface area contributed by atoms with E-state index in [4.69, 9.17) is 0 Å². The Morgan fingerprint density at radius 3 is 2.65 bits per heavy atom. The Labute approximate surface area is 119 Å². The maximum absolute atomic E-state index is 13.9. The summed E-state index contributed by atoms with van der Waals surface area (Å²) in [6.45, 7) is 4.94. The smallest absolute Gasteiger partial charge is 0.224 e. The zero-order valence-electron chi connectivity index (χ0n) is 11.9. The largest absolute Gasteiger partial charge is 0.346 e. The number of benzene rings is 1. The molecule has 0 bridgehead atoms. The summed E-state index contributed by atoms with van der Waals surface area (Å²) in [7, 11) is 0. The molecular weight excluding hydrogens is 255 g/mol. The molecule has 1 N–H and O–H groups in total. The van der Waals surface area contributed by atoms with Crippen LogP contribution in [0.1, 0.15) is 31.7 Å². The Morgan fingerprint density at radius 1 is 1.40 bits per heavy atom. The van der Waals surface area contributed by atoms with Gasteiger partial charge in [-0.3, -0.25) is 4.79 Å². The standard InChI is InChI=1S/C16H21FN2O/c1-12(11-19-9-4-10-19)15(20)18-16(7-8-16)13-5-2-3-6-14(13)17/h2-3,5-6,12H,4,7-11H2,1H3,(H,18,20). The first kappa shape index (κ1) is 13.6. The van der Waals surface area contributed by atoms with Crippen molar-refractivity contribution in [3.8, 4) is 0 Å². The average molecular weight is 276 g/mol. The molecule has 3 rings (SSSR count). The van der Waals surface area contributed by atoms with Crippen LogP contribution in [0.3, 0.4) is 0 Å². The van der Waals surface area contributed by atoms with Crippen molar-refractivity contribution in [2.75, 3.05) is 19.6 Å². The Morgan fingerprint density at radius 2 is 2.10 bits per heavy atom. The van der Waals surface area contributed by atoms with Gasteiger partial charge in [0.1, 0.15) is 5.82 Å². The zero-order valence-corrected chi connectivity index (χ0v) is 11.9. The Kier molecular flexibility index (Phi) is 3.50. The van der Waals surface area contributed by atoms with Crippen molar-refractivity contribution in [2.24, 2.45) is 5.92 Å². The molecule has 0 aromatic heterocycles. The van der Waals surface area contributed by atoms with Gasteiger partial charge in [0.25, 0.3) is 0 Å². The van der Waals surface area contributed by atoms with Crippen LogP contribution in [-0.2, 0) is 10.3 Å². The molecule has 0 spiro atoms. The van der Waals surface area contributed by atoms with Gasteiger partial charge in [0, 0.05) is 18.0 Å². The SMILES string of the molecule is CC(CN1CCC1)C(=O)NC1(c2ccccc2F)CC1. The molecule has 1 aliphatic heterocycles. The normalized spacial score (nSPS) is 21.9. The van der Waals surface area contributed by atoms with E-state index >= 15 is 0 Å². The van der Waals surface area contributed by atoms with Gasteiger partial charge in [0.05, 0.1) is 5.54 Å². The highest BCUT2D eigenvalue weighted by Gasteiger charge is 2.47. The molecule has 3 nitrogen and oxygen atoms in total. The summed E-state index contributed by atoms with van der Waals surface area (Å²) < 4.78 is 13.9. The van der Waals surface area contributed by atoms with Gasteiger partial charge >= 0.3 is 0 Å². The fourth-order valence-electron chi connectivity index (χ4n) is 2.83. The highest BCUT2D eigenvalue weighted by atomic mass is 19.1. The second-order valence-electron chi connectivity index (χ2n) is 6.11. The summed E-state index contributed by atoms with van der Waals surface area (Å²) in [6, 6.07) is 6.76. The number of nitrogens with zero attached hydrogens (tertiary/aromatic N) is 1. The highest BCUT2D eigenvalue weighted by Crippen LogP contribution is 2.46. The number of likely N-dealkylation sites (tertiary alicyclic amines) is 1. The second kappa shape index (κ2) is 5.17. The topological polar surface area (TPSA) is 32.3 Å². The fourth-order valence-corrected chi connectivity index (χ4v) is 2.83. The molecule has 1 saturated heterocycles.